The second-order valence-electron chi connectivity index (χ2n) is 8.46. The van der Waals surface area contributed by atoms with Gasteiger partial charge >= 0.3 is 17.9 Å². The van der Waals surface area contributed by atoms with Crippen molar-refractivity contribution in [2.45, 2.75) is 24.6 Å². The van der Waals surface area contributed by atoms with Crippen molar-refractivity contribution in [2.24, 2.45) is 0 Å². The molecule has 1 atom stereocenters. The molecule has 0 heterocycles. The van der Waals surface area contributed by atoms with Crippen LogP contribution in [0.15, 0.2) is 103 Å². The Morgan fingerprint density at radius 3 is 1.68 bits per heavy atom. The summed E-state index contributed by atoms with van der Waals surface area (Å²) in [4.78, 5) is 35.2. The number of ether oxygens (including phenoxy) is 2. The van der Waals surface area contributed by atoms with Gasteiger partial charge in [0, 0.05) is 24.4 Å². The van der Waals surface area contributed by atoms with Gasteiger partial charge < -0.3 is 19.9 Å². The lowest BCUT2D eigenvalue weighted by Gasteiger charge is -2.36. The molecular weight excluding hydrogens is 502 g/mol. The minimum atomic E-state index is -1.04. The lowest BCUT2D eigenvalue weighted by molar-refractivity contribution is -0.147. The number of carbonyl (C=O) groups is 3. The number of thioether (sulfide) groups is 1. The highest BCUT2D eigenvalue weighted by molar-refractivity contribution is 8.00. The monoisotopic (exact) mass is 533 g/mol. The number of carboxylic acids is 1. The van der Waals surface area contributed by atoms with Crippen molar-refractivity contribution < 1.29 is 29.0 Å². The molecule has 0 aliphatic heterocycles. The van der Waals surface area contributed by atoms with Gasteiger partial charge in [0.2, 0.25) is 0 Å². The van der Waals surface area contributed by atoms with Crippen molar-refractivity contribution in [3.63, 3.8) is 0 Å². The van der Waals surface area contributed by atoms with E-state index in [-0.39, 0.29) is 19.0 Å². The summed E-state index contributed by atoms with van der Waals surface area (Å²) in [7, 11) is 0. The van der Waals surface area contributed by atoms with Crippen LogP contribution in [-0.4, -0.2) is 48.0 Å². The van der Waals surface area contributed by atoms with Gasteiger partial charge in [-0.3, -0.25) is 4.79 Å². The van der Waals surface area contributed by atoms with E-state index < -0.39 is 28.7 Å². The molecule has 0 aliphatic carbocycles. The number of hydrogen-bond donors (Lipinski definition) is 2. The zero-order valence-electron chi connectivity index (χ0n) is 21.3. The summed E-state index contributed by atoms with van der Waals surface area (Å²) in [5, 5.41) is 13.0. The average Bonchev–Trinajstić information content (AvgIpc) is 2.92. The Labute approximate surface area is 226 Å². The predicted molar refractivity (Wildman–Crippen MR) is 148 cm³/mol. The third kappa shape index (κ3) is 7.73. The molecule has 198 valence electrons. The Hall–Kier alpha value is -4.04. The standard InChI is InChI=1S/C30H31NO6S/c1-22(20-28(33)37-19-18-36-23(2)32)31-27(29(34)35)21-38-30(24-12-6-3-7-13-24,25-14-8-4-9-15-25)26-16-10-5-11-17-26/h3-17,20,27,31H,18-19,21H2,1-2H3,(H,34,35)/b22-20-/t27-/m1/s1. The Kier molecular flexibility index (Phi) is 10.5. The Morgan fingerprint density at radius 2 is 1.26 bits per heavy atom. The molecule has 7 nitrogen and oxygen atoms in total. The Balaban J connectivity index is 1.86. The minimum Gasteiger partial charge on any atom is -0.480 e. The highest BCUT2D eigenvalue weighted by Crippen LogP contribution is 2.48. The summed E-state index contributed by atoms with van der Waals surface area (Å²) in [6, 6.07) is 29.0. The van der Waals surface area contributed by atoms with Crippen molar-refractivity contribution in [2.75, 3.05) is 19.0 Å². The molecule has 0 bridgehead atoms. The summed E-state index contributed by atoms with van der Waals surface area (Å²) >= 11 is 1.51. The fourth-order valence-corrected chi connectivity index (χ4v) is 5.57. The van der Waals surface area contributed by atoms with E-state index in [1.807, 2.05) is 91.0 Å². The quantitative estimate of drug-likeness (QED) is 0.140. The number of aliphatic carboxylic acids is 1. The summed E-state index contributed by atoms with van der Waals surface area (Å²) in [5.74, 6) is -1.97. The number of benzene rings is 3. The van der Waals surface area contributed by atoms with Crippen molar-refractivity contribution in [1.29, 1.82) is 0 Å². The van der Waals surface area contributed by atoms with Crippen LogP contribution in [-0.2, 0) is 28.6 Å². The number of nitrogens with one attached hydrogen (secondary N) is 1. The van der Waals surface area contributed by atoms with Crippen molar-refractivity contribution >= 4 is 29.7 Å². The number of rotatable bonds is 13. The molecule has 0 saturated heterocycles. The van der Waals surface area contributed by atoms with E-state index in [2.05, 4.69) is 5.32 Å². The molecule has 3 rings (SSSR count). The van der Waals surface area contributed by atoms with Crippen LogP contribution < -0.4 is 5.32 Å². The molecule has 0 amide bonds. The number of allylic oxidation sites excluding steroid dienone is 1. The zero-order valence-corrected chi connectivity index (χ0v) is 22.1. The van der Waals surface area contributed by atoms with Gasteiger partial charge in [0.1, 0.15) is 19.3 Å². The van der Waals surface area contributed by atoms with Crippen LogP contribution in [0.5, 0.6) is 0 Å². The molecule has 0 saturated carbocycles. The van der Waals surface area contributed by atoms with Gasteiger partial charge in [-0.1, -0.05) is 91.0 Å². The van der Waals surface area contributed by atoms with E-state index in [4.69, 9.17) is 9.47 Å². The molecule has 0 aliphatic rings. The number of carboxylic acid groups (broad SMARTS) is 1. The molecule has 2 N–H and O–H groups in total. The molecule has 0 radical (unpaired) electrons. The highest BCUT2D eigenvalue weighted by Gasteiger charge is 2.38. The van der Waals surface area contributed by atoms with E-state index in [1.54, 1.807) is 6.92 Å². The lowest BCUT2D eigenvalue weighted by Crippen LogP contribution is -2.40. The topological polar surface area (TPSA) is 102 Å². The van der Waals surface area contributed by atoms with Crippen molar-refractivity contribution in [3.05, 3.63) is 119 Å². The summed E-state index contributed by atoms with van der Waals surface area (Å²) in [6.45, 7) is 2.74. The van der Waals surface area contributed by atoms with Gasteiger partial charge in [-0.25, -0.2) is 9.59 Å². The Morgan fingerprint density at radius 1 is 0.816 bits per heavy atom. The van der Waals surface area contributed by atoms with Gasteiger partial charge in [-0.15, -0.1) is 11.8 Å². The first-order valence-electron chi connectivity index (χ1n) is 12.1. The normalized spacial score (nSPS) is 12.3. The van der Waals surface area contributed by atoms with Crippen LogP contribution in [0.2, 0.25) is 0 Å². The SMILES string of the molecule is CC(=O)OCCOC(=O)/C=C(/C)N[C@H](CSC(c1ccccc1)(c1ccccc1)c1ccccc1)C(=O)O. The third-order valence-corrected chi connectivity index (χ3v) is 7.31. The van der Waals surface area contributed by atoms with Crippen molar-refractivity contribution in [3.8, 4) is 0 Å². The van der Waals surface area contributed by atoms with Gasteiger partial charge in [-0.2, -0.15) is 0 Å². The van der Waals surface area contributed by atoms with Crippen LogP contribution in [0.4, 0.5) is 0 Å². The van der Waals surface area contributed by atoms with Gasteiger partial charge in [-0.05, 0) is 23.6 Å². The fraction of sp³-hybridized carbons (Fsp3) is 0.233. The van der Waals surface area contributed by atoms with Crippen LogP contribution in [0, 0.1) is 0 Å². The third-order valence-electron chi connectivity index (χ3n) is 5.67. The predicted octanol–water partition coefficient (Wildman–Crippen LogP) is 4.76. The molecule has 8 heteroatoms. The van der Waals surface area contributed by atoms with E-state index in [1.165, 1.54) is 24.8 Å². The van der Waals surface area contributed by atoms with Crippen LogP contribution in [0.3, 0.4) is 0 Å². The molecule has 3 aromatic carbocycles. The maximum atomic E-state index is 12.3. The molecule has 0 aromatic heterocycles. The maximum Gasteiger partial charge on any atom is 0.332 e. The van der Waals surface area contributed by atoms with Crippen molar-refractivity contribution in [1.82, 2.24) is 5.32 Å². The molecule has 3 aromatic rings. The summed E-state index contributed by atoms with van der Waals surface area (Å²) in [6.07, 6.45) is 1.19. The summed E-state index contributed by atoms with van der Waals surface area (Å²) < 4.78 is 9.07. The first-order valence-corrected chi connectivity index (χ1v) is 13.1. The molecule has 0 fully saturated rings. The van der Waals surface area contributed by atoms with Gasteiger partial charge in [0.25, 0.3) is 0 Å². The zero-order chi connectivity index (χ0) is 27.4. The second-order valence-corrected chi connectivity index (χ2v) is 9.69. The lowest BCUT2D eigenvalue weighted by atomic mass is 9.84. The van der Waals surface area contributed by atoms with Gasteiger partial charge in [0.05, 0.1) is 4.75 Å². The van der Waals surface area contributed by atoms with Crippen LogP contribution in [0.25, 0.3) is 0 Å². The molecule has 0 spiro atoms. The van der Waals surface area contributed by atoms with Crippen LogP contribution >= 0.6 is 11.8 Å². The van der Waals surface area contributed by atoms with Crippen LogP contribution in [0.1, 0.15) is 30.5 Å². The maximum absolute atomic E-state index is 12.3. The van der Waals surface area contributed by atoms with E-state index in [9.17, 15) is 19.5 Å². The van der Waals surface area contributed by atoms with E-state index >= 15 is 0 Å². The number of carbonyl (C=O) groups excluding carboxylic acids is 2. The van der Waals surface area contributed by atoms with E-state index in [0.717, 1.165) is 16.7 Å². The average molecular weight is 534 g/mol. The fourth-order valence-electron chi connectivity index (χ4n) is 4.01. The second kappa shape index (κ2) is 14.0. The molecule has 0 unspecified atom stereocenters. The number of esters is 2. The first kappa shape index (κ1) is 28.5. The highest BCUT2D eigenvalue weighted by atomic mass is 32.2. The molecular formula is C30H31NO6S. The summed E-state index contributed by atoms with van der Waals surface area (Å²) in [5.41, 5.74) is 3.42. The largest absolute Gasteiger partial charge is 0.480 e. The van der Waals surface area contributed by atoms with E-state index in [0.29, 0.717) is 5.70 Å². The molecule has 38 heavy (non-hydrogen) atoms. The Bertz CT molecular complexity index is 1130. The number of hydrogen-bond acceptors (Lipinski definition) is 7. The minimum absolute atomic E-state index is 0.0453. The van der Waals surface area contributed by atoms with Gasteiger partial charge in [0.15, 0.2) is 0 Å². The smallest absolute Gasteiger partial charge is 0.332 e. The first-order chi connectivity index (χ1) is 18.3.